The lowest BCUT2D eigenvalue weighted by Crippen LogP contribution is -2.73. The molecule has 186 valence electrons. The lowest BCUT2D eigenvalue weighted by molar-refractivity contribution is -0.163. The van der Waals surface area contributed by atoms with Crippen LogP contribution < -0.4 is 10.1 Å². The Kier molecular flexibility index (Phi) is 7.70. The third-order valence-electron chi connectivity index (χ3n) is 6.91. The predicted octanol–water partition coefficient (Wildman–Crippen LogP) is 3.42. The molecule has 0 bridgehead atoms. The molecule has 0 saturated carbocycles. The summed E-state index contributed by atoms with van der Waals surface area (Å²) >= 11 is 0. The average Bonchev–Trinajstić information content (AvgIpc) is 2.85. The lowest BCUT2D eigenvalue weighted by Gasteiger charge is -2.51. The molecule has 2 amide bonds. The number of likely N-dealkylation sites (tertiary alicyclic amines) is 1. The SMILES string of the molecule is CCCCN1C(=O)C(CC(=O)O)NC(=O)C12CCN(Cc1ccc(Oc3ccccc3)cc1)CC2. The number of ether oxygens (including phenoxy) is 1. The van der Waals surface area contributed by atoms with Crippen LogP contribution in [0.4, 0.5) is 0 Å². The lowest BCUT2D eigenvalue weighted by atomic mass is 9.81. The molecule has 35 heavy (non-hydrogen) atoms. The Balaban J connectivity index is 1.39. The van der Waals surface area contributed by atoms with E-state index in [0.717, 1.165) is 36.4 Å². The second-order valence-corrected chi connectivity index (χ2v) is 9.33. The van der Waals surface area contributed by atoms with E-state index in [-0.39, 0.29) is 18.2 Å². The van der Waals surface area contributed by atoms with Crippen LogP contribution in [0.2, 0.25) is 0 Å². The molecule has 2 aromatic rings. The molecule has 0 aromatic heterocycles. The highest BCUT2D eigenvalue weighted by Gasteiger charge is 2.53. The second-order valence-electron chi connectivity index (χ2n) is 9.33. The highest BCUT2D eigenvalue weighted by Crippen LogP contribution is 2.34. The first-order chi connectivity index (χ1) is 16.9. The fourth-order valence-corrected chi connectivity index (χ4v) is 4.95. The molecule has 0 radical (unpaired) electrons. The molecule has 0 aliphatic carbocycles. The maximum Gasteiger partial charge on any atom is 0.305 e. The van der Waals surface area contributed by atoms with E-state index >= 15 is 0 Å². The minimum Gasteiger partial charge on any atom is -0.481 e. The van der Waals surface area contributed by atoms with Crippen molar-refractivity contribution in [2.24, 2.45) is 0 Å². The number of nitrogens with zero attached hydrogens (tertiary/aromatic N) is 2. The normalized spacial score (nSPS) is 20.0. The summed E-state index contributed by atoms with van der Waals surface area (Å²) in [6, 6.07) is 16.7. The summed E-state index contributed by atoms with van der Waals surface area (Å²) in [6.07, 6.45) is 2.34. The first-order valence-electron chi connectivity index (χ1n) is 12.3. The van der Waals surface area contributed by atoms with Gasteiger partial charge in [0.2, 0.25) is 11.8 Å². The largest absolute Gasteiger partial charge is 0.481 e. The summed E-state index contributed by atoms with van der Waals surface area (Å²) in [7, 11) is 0. The Labute approximate surface area is 205 Å². The summed E-state index contributed by atoms with van der Waals surface area (Å²) in [4.78, 5) is 41.5. The zero-order chi connectivity index (χ0) is 24.8. The summed E-state index contributed by atoms with van der Waals surface area (Å²) in [6.45, 7) is 4.61. The van der Waals surface area contributed by atoms with Gasteiger partial charge in [0.25, 0.3) is 0 Å². The van der Waals surface area contributed by atoms with Crippen LogP contribution in [0.1, 0.15) is 44.6 Å². The van der Waals surface area contributed by atoms with Crippen LogP contribution in [-0.4, -0.2) is 63.9 Å². The molecule has 1 unspecified atom stereocenters. The molecule has 1 atom stereocenters. The number of para-hydroxylation sites is 1. The molecule has 8 nitrogen and oxygen atoms in total. The zero-order valence-corrected chi connectivity index (χ0v) is 20.1. The van der Waals surface area contributed by atoms with Crippen LogP contribution in [0, 0.1) is 0 Å². The number of amides is 2. The molecule has 2 aliphatic heterocycles. The molecule has 2 heterocycles. The number of aliphatic carboxylic acids is 1. The number of unbranched alkanes of at least 4 members (excludes halogenated alkanes) is 1. The van der Waals surface area contributed by atoms with E-state index < -0.39 is 17.6 Å². The van der Waals surface area contributed by atoms with Gasteiger partial charge in [0.15, 0.2) is 0 Å². The van der Waals surface area contributed by atoms with Crippen molar-refractivity contribution < 1.29 is 24.2 Å². The number of carbonyl (C=O) groups excluding carboxylic acids is 2. The quantitative estimate of drug-likeness (QED) is 0.572. The van der Waals surface area contributed by atoms with Crippen molar-refractivity contribution in [3.63, 3.8) is 0 Å². The molecule has 2 N–H and O–H groups in total. The van der Waals surface area contributed by atoms with Gasteiger partial charge in [0, 0.05) is 26.2 Å². The van der Waals surface area contributed by atoms with E-state index in [2.05, 4.69) is 10.2 Å². The molecule has 4 rings (SSSR count). The number of hydrogen-bond acceptors (Lipinski definition) is 5. The van der Waals surface area contributed by atoms with Crippen molar-refractivity contribution in [2.75, 3.05) is 19.6 Å². The smallest absolute Gasteiger partial charge is 0.305 e. The van der Waals surface area contributed by atoms with Crippen LogP contribution in [0.3, 0.4) is 0 Å². The van der Waals surface area contributed by atoms with Gasteiger partial charge in [-0.25, -0.2) is 0 Å². The third kappa shape index (κ3) is 5.65. The van der Waals surface area contributed by atoms with E-state index in [1.807, 2.05) is 61.5 Å². The van der Waals surface area contributed by atoms with Gasteiger partial charge in [-0.3, -0.25) is 19.3 Å². The molecule has 2 saturated heterocycles. The number of carboxylic acids is 1. The topological polar surface area (TPSA) is 99.2 Å². The fourth-order valence-electron chi connectivity index (χ4n) is 4.95. The zero-order valence-electron chi connectivity index (χ0n) is 20.1. The molecule has 2 fully saturated rings. The van der Waals surface area contributed by atoms with Crippen LogP contribution in [0.15, 0.2) is 54.6 Å². The summed E-state index contributed by atoms with van der Waals surface area (Å²) < 4.78 is 5.86. The van der Waals surface area contributed by atoms with Crippen molar-refractivity contribution in [1.29, 1.82) is 0 Å². The van der Waals surface area contributed by atoms with E-state index in [1.165, 1.54) is 0 Å². The van der Waals surface area contributed by atoms with Crippen molar-refractivity contribution in [3.05, 3.63) is 60.2 Å². The molecule has 2 aromatic carbocycles. The average molecular weight is 480 g/mol. The van der Waals surface area contributed by atoms with Crippen molar-refractivity contribution >= 4 is 17.8 Å². The van der Waals surface area contributed by atoms with E-state index in [9.17, 15) is 14.4 Å². The van der Waals surface area contributed by atoms with Gasteiger partial charge in [-0.1, -0.05) is 43.7 Å². The van der Waals surface area contributed by atoms with Gasteiger partial charge in [-0.15, -0.1) is 0 Å². The summed E-state index contributed by atoms with van der Waals surface area (Å²) in [5.74, 6) is -0.0213. The number of carbonyl (C=O) groups is 3. The van der Waals surface area contributed by atoms with E-state index in [1.54, 1.807) is 4.90 Å². The monoisotopic (exact) mass is 479 g/mol. The van der Waals surface area contributed by atoms with Crippen molar-refractivity contribution in [2.45, 2.75) is 57.2 Å². The standard InChI is InChI=1S/C27H33N3O5/c1-2-3-15-30-25(33)23(18-24(31)32)28-26(34)27(30)13-16-29(17-14-27)19-20-9-11-22(12-10-20)35-21-7-5-4-6-8-21/h4-12,23H,2-3,13-19H2,1H3,(H,28,34)(H,31,32). The number of piperidine rings is 1. The molecule has 2 aliphatic rings. The van der Waals surface area contributed by atoms with Crippen LogP contribution in [0.25, 0.3) is 0 Å². The molecular weight excluding hydrogens is 446 g/mol. The Morgan fingerprint density at radius 1 is 1.06 bits per heavy atom. The van der Waals surface area contributed by atoms with Gasteiger partial charge in [0.1, 0.15) is 23.1 Å². The first kappa shape index (κ1) is 24.7. The maximum atomic E-state index is 13.2. The summed E-state index contributed by atoms with van der Waals surface area (Å²) in [5.41, 5.74) is 0.250. The van der Waals surface area contributed by atoms with Gasteiger partial charge < -0.3 is 20.1 Å². The Bertz CT molecular complexity index is 1030. The Morgan fingerprint density at radius 2 is 1.71 bits per heavy atom. The predicted molar refractivity (Wildman–Crippen MR) is 131 cm³/mol. The van der Waals surface area contributed by atoms with E-state index in [4.69, 9.17) is 9.84 Å². The number of piperazine rings is 1. The minimum atomic E-state index is -1.09. The first-order valence-corrected chi connectivity index (χ1v) is 12.3. The number of rotatable bonds is 9. The van der Waals surface area contributed by atoms with Gasteiger partial charge in [-0.2, -0.15) is 0 Å². The van der Waals surface area contributed by atoms with Crippen LogP contribution in [0.5, 0.6) is 11.5 Å². The fraction of sp³-hybridized carbons (Fsp3) is 0.444. The minimum absolute atomic E-state index is 0.221. The number of benzene rings is 2. The van der Waals surface area contributed by atoms with Gasteiger partial charge >= 0.3 is 5.97 Å². The van der Waals surface area contributed by atoms with Gasteiger partial charge in [0.05, 0.1) is 6.42 Å². The Hall–Kier alpha value is -3.39. The number of nitrogens with one attached hydrogen (secondary N) is 1. The second kappa shape index (κ2) is 10.9. The van der Waals surface area contributed by atoms with Gasteiger partial charge in [-0.05, 0) is 49.1 Å². The number of carboxylic acid groups (broad SMARTS) is 1. The van der Waals surface area contributed by atoms with E-state index in [0.29, 0.717) is 32.5 Å². The van der Waals surface area contributed by atoms with Crippen molar-refractivity contribution in [1.82, 2.24) is 15.1 Å². The maximum absolute atomic E-state index is 13.2. The van der Waals surface area contributed by atoms with Crippen molar-refractivity contribution in [3.8, 4) is 11.5 Å². The third-order valence-corrected chi connectivity index (χ3v) is 6.91. The van der Waals surface area contributed by atoms with Crippen LogP contribution >= 0.6 is 0 Å². The number of hydrogen-bond donors (Lipinski definition) is 2. The highest BCUT2D eigenvalue weighted by atomic mass is 16.5. The molecular formula is C27H33N3O5. The highest BCUT2D eigenvalue weighted by molar-refractivity contribution is 6.01. The molecule has 1 spiro atoms. The molecule has 8 heteroatoms. The summed E-state index contributed by atoms with van der Waals surface area (Å²) in [5, 5.41) is 11.9. The van der Waals surface area contributed by atoms with Crippen LogP contribution in [-0.2, 0) is 20.9 Å². The Morgan fingerprint density at radius 3 is 2.34 bits per heavy atom.